The Morgan fingerprint density at radius 1 is 0.339 bits per heavy atom. The molecule has 2 aliphatic rings. The van der Waals surface area contributed by atoms with Crippen molar-refractivity contribution in [2.24, 2.45) is 0 Å². The molecule has 12 rings (SSSR count). The molecule has 0 spiro atoms. The van der Waals surface area contributed by atoms with Crippen LogP contribution in [0.25, 0.3) is 77.6 Å². The Kier molecular flexibility index (Phi) is 8.67. The number of rotatable bonds is 7. The normalized spacial score (nSPS) is 15.4. The van der Waals surface area contributed by atoms with E-state index in [0.29, 0.717) is 0 Å². The van der Waals surface area contributed by atoms with E-state index in [-0.39, 0.29) is 12.0 Å². The summed E-state index contributed by atoms with van der Waals surface area (Å²) in [6.45, 7) is 0. The lowest BCUT2D eigenvalue weighted by molar-refractivity contribution is 0.747. The maximum absolute atomic E-state index is 2.54. The van der Waals surface area contributed by atoms with E-state index in [2.05, 4.69) is 252 Å². The van der Waals surface area contributed by atoms with E-state index in [4.69, 9.17) is 0 Å². The quantitative estimate of drug-likeness (QED) is 0.156. The molecule has 0 fully saturated rings. The molecule has 2 unspecified atom stereocenters. The topological polar surface area (TPSA) is 8.17 Å². The summed E-state index contributed by atoms with van der Waals surface area (Å²) in [5, 5.41) is 2.50. The van der Waals surface area contributed by atoms with Crippen molar-refractivity contribution in [3.63, 3.8) is 0 Å². The summed E-state index contributed by atoms with van der Waals surface area (Å²) in [5.41, 5.74) is 19.6. The molecule has 2 atom stereocenters. The third kappa shape index (κ3) is 6.19. The molecule has 0 saturated carbocycles. The summed E-state index contributed by atoms with van der Waals surface area (Å²) >= 11 is 0. The van der Waals surface area contributed by atoms with Crippen molar-refractivity contribution >= 4 is 38.8 Å². The molecule has 2 heterocycles. The van der Waals surface area contributed by atoms with E-state index in [0.717, 1.165) is 5.69 Å². The molecule has 292 valence electrons. The lowest BCUT2D eigenvalue weighted by Crippen LogP contribution is -2.28. The van der Waals surface area contributed by atoms with Crippen LogP contribution in [-0.4, -0.2) is 10.6 Å². The Labute approximate surface area is 362 Å². The highest BCUT2D eigenvalue weighted by molar-refractivity contribution is 6.11. The Bertz CT molecular complexity index is 3310. The van der Waals surface area contributed by atoms with Gasteiger partial charge in [0.05, 0.1) is 17.1 Å². The second-order valence-corrected chi connectivity index (χ2v) is 16.5. The van der Waals surface area contributed by atoms with Gasteiger partial charge in [0.1, 0.15) is 0 Å². The van der Waals surface area contributed by atoms with Crippen LogP contribution in [0, 0.1) is 0 Å². The van der Waals surface area contributed by atoms with Crippen LogP contribution in [0.4, 0.5) is 11.4 Å². The van der Waals surface area contributed by atoms with E-state index >= 15 is 0 Å². The minimum absolute atomic E-state index is 0.153. The van der Waals surface area contributed by atoms with Gasteiger partial charge in [0.15, 0.2) is 0 Å². The van der Waals surface area contributed by atoms with Gasteiger partial charge in [-0.1, -0.05) is 182 Å². The average Bonchev–Trinajstić information content (AvgIpc) is 3.86. The van der Waals surface area contributed by atoms with Gasteiger partial charge in [0, 0.05) is 33.8 Å². The minimum atomic E-state index is 0.153. The summed E-state index contributed by atoms with van der Waals surface area (Å²) in [4.78, 5) is 2.54. The van der Waals surface area contributed by atoms with Crippen LogP contribution in [0.1, 0.15) is 17.0 Å². The molecule has 0 bridgehead atoms. The van der Waals surface area contributed by atoms with Crippen LogP contribution in [0.5, 0.6) is 0 Å². The Balaban J connectivity index is 0.975. The van der Waals surface area contributed by atoms with Crippen LogP contribution < -0.4 is 4.90 Å². The van der Waals surface area contributed by atoms with E-state index in [1.165, 1.54) is 94.4 Å². The highest BCUT2D eigenvalue weighted by Gasteiger charge is 2.38. The maximum Gasteiger partial charge on any atom is 0.0630 e. The first-order chi connectivity index (χ1) is 30.7. The fraction of sp³-hybridized carbons (Fsp3) is 0.0333. The van der Waals surface area contributed by atoms with Gasteiger partial charge in [-0.2, -0.15) is 0 Å². The first kappa shape index (κ1) is 36.0. The molecule has 1 aliphatic carbocycles. The Morgan fingerprint density at radius 2 is 0.758 bits per heavy atom. The molecule has 0 saturated heterocycles. The summed E-state index contributed by atoms with van der Waals surface area (Å²) < 4.78 is 2.43. The van der Waals surface area contributed by atoms with Gasteiger partial charge in [-0.05, 0) is 122 Å². The Morgan fingerprint density at radius 3 is 1.31 bits per heavy atom. The van der Waals surface area contributed by atoms with E-state index in [1.54, 1.807) is 0 Å². The molecule has 0 amide bonds. The van der Waals surface area contributed by atoms with Gasteiger partial charge in [-0.3, -0.25) is 0 Å². The number of anilines is 2. The van der Waals surface area contributed by atoms with Crippen LogP contribution >= 0.6 is 0 Å². The van der Waals surface area contributed by atoms with Gasteiger partial charge in [-0.25, -0.2) is 0 Å². The lowest BCUT2D eigenvalue weighted by atomic mass is 9.85. The van der Waals surface area contributed by atoms with Crippen molar-refractivity contribution < 1.29 is 0 Å². The molecule has 9 aromatic carbocycles. The maximum atomic E-state index is 2.54. The van der Waals surface area contributed by atoms with E-state index in [1.807, 2.05) is 0 Å². The molecule has 62 heavy (non-hydrogen) atoms. The van der Waals surface area contributed by atoms with Crippen molar-refractivity contribution in [2.45, 2.75) is 12.0 Å². The van der Waals surface area contributed by atoms with Gasteiger partial charge in [0.25, 0.3) is 0 Å². The van der Waals surface area contributed by atoms with Crippen LogP contribution in [0.15, 0.2) is 243 Å². The molecule has 0 N–H and O–H groups in total. The highest BCUT2D eigenvalue weighted by atomic mass is 15.2. The number of hydrogen-bond acceptors (Lipinski definition) is 1. The van der Waals surface area contributed by atoms with Crippen molar-refractivity contribution in [2.75, 3.05) is 4.90 Å². The van der Waals surface area contributed by atoms with Gasteiger partial charge >= 0.3 is 0 Å². The van der Waals surface area contributed by atoms with Crippen molar-refractivity contribution in [3.05, 3.63) is 254 Å². The van der Waals surface area contributed by atoms with Crippen molar-refractivity contribution in [1.82, 2.24) is 4.57 Å². The predicted molar refractivity (Wildman–Crippen MR) is 261 cm³/mol. The number of fused-ring (bicyclic) bond motifs is 6. The van der Waals surface area contributed by atoms with Crippen LogP contribution in [0.2, 0.25) is 0 Å². The molecule has 1 aliphatic heterocycles. The monoisotopic (exact) mass is 790 g/mol. The predicted octanol–water partition coefficient (Wildman–Crippen LogP) is 15.7. The van der Waals surface area contributed by atoms with Crippen LogP contribution in [-0.2, 0) is 0 Å². The van der Waals surface area contributed by atoms with E-state index in [9.17, 15) is 0 Å². The third-order valence-electron chi connectivity index (χ3n) is 12.9. The largest absolute Gasteiger partial charge is 0.333 e. The second-order valence-electron chi connectivity index (χ2n) is 16.5. The molecule has 10 aromatic rings. The Hall–Kier alpha value is -7.94. The number of hydrogen-bond donors (Lipinski definition) is 0. The highest BCUT2D eigenvalue weighted by Crippen LogP contribution is 2.51. The smallest absolute Gasteiger partial charge is 0.0630 e. The molecule has 0 radical (unpaired) electrons. The second kappa shape index (κ2) is 15.0. The number of benzene rings is 9. The number of nitrogens with zero attached hydrogens (tertiary/aromatic N) is 2. The zero-order valence-corrected chi connectivity index (χ0v) is 34.1. The standard InChI is InChI=1S/C60H42N2/c1-5-13-41(14-6-1)45-21-29-51(30-22-45)61-57-33-25-47(43-17-9-3-10-18-43)37-53(57)55-39-49(27-35-59(55)61)50-28-36-60-56(40-50)54-38-48(44-19-11-4-12-20-44)26-34-58(54)62(60)52-31-23-46(24-32-52)42-15-7-2-8-16-42/h1-40,55,59H. The summed E-state index contributed by atoms with van der Waals surface area (Å²) in [6.07, 6.45) is 7.31. The van der Waals surface area contributed by atoms with Crippen molar-refractivity contribution in [3.8, 4) is 50.2 Å². The van der Waals surface area contributed by atoms with Gasteiger partial charge < -0.3 is 9.47 Å². The lowest BCUT2D eigenvalue weighted by Gasteiger charge is -2.30. The fourth-order valence-electron chi connectivity index (χ4n) is 9.88. The SMILES string of the molecule is C1=CC2C(C=C1c1ccc3c(c1)c1cc(-c4ccccc4)ccc1n3-c1ccc(-c3ccccc3)cc1)c1cc(-c3ccccc3)ccc1N2c1ccc(-c2ccccc2)cc1. The van der Waals surface area contributed by atoms with E-state index < -0.39 is 0 Å². The zero-order valence-electron chi connectivity index (χ0n) is 34.1. The average molecular weight is 791 g/mol. The van der Waals surface area contributed by atoms with Crippen molar-refractivity contribution in [1.29, 1.82) is 0 Å². The number of aromatic nitrogens is 1. The number of allylic oxidation sites excluding steroid dienone is 2. The summed E-state index contributed by atoms with van der Waals surface area (Å²) in [7, 11) is 0. The molecular weight excluding hydrogens is 749 g/mol. The van der Waals surface area contributed by atoms with Gasteiger partial charge in [-0.15, -0.1) is 0 Å². The molecular formula is C60H42N2. The van der Waals surface area contributed by atoms with Gasteiger partial charge in [0.2, 0.25) is 0 Å². The minimum Gasteiger partial charge on any atom is -0.333 e. The third-order valence-corrected chi connectivity index (χ3v) is 12.9. The van der Waals surface area contributed by atoms with Crippen LogP contribution in [0.3, 0.4) is 0 Å². The molecule has 2 nitrogen and oxygen atoms in total. The summed E-state index contributed by atoms with van der Waals surface area (Å²) in [5.74, 6) is 0.173. The fourth-order valence-corrected chi connectivity index (χ4v) is 9.88. The molecule has 2 heteroatoms. The first-order valence-electron chi connectivity index (χ1n) is 21.6. The molecule has 1 aromatic heterocycles. The zero-order chi connectivity index (χ0) is 41.0. The first-order valence-corrected chi connectivity index (χ1v) is 21.6. The summed E-state index contributed by atoms with van der Waals surface area (Å²) in [6, 6.07) is 82.1.